The summed E-state index contributed by atoms with van der Waals surface area (Å²) < 4.78 is 37.0. The van der Waals surface area contributed by atoms with Crippen molar-refractivity contribution in [2.75, 3.05) is 18.4 Å². The van der Waals surface area contributed by atoms with Gasteiger partial charge < -0.3 is 10.2 Å². The van der Waals surface area contributed by atoms with E-state index in [1.807, 2.05) is 6.92 Å². The maximum absolute atomic E-state index is 13.4. The van der Waals surface area contributed by atoms with Crippen molar-refractivity contribution in [3.63, 3.8) is 0 Å². The number of nitrogens with zero attached hydrogens (tertiary/aromatic N) is 2. The molecule has 7 nitrogen and oxygen atoms in total. The van der Waals surface area contributed by atoms with Crippen LogP contribution in [0.4, 0.5) is 15.8 Å². The van der Waals surface area contributed by atoms with Crippen LogP contribution in [0, 0.1) is 12.7 Å². The monoisotopic (exact) mass is 502 g/mol. The molecule has 1 aliphatic heterocycles. The molecule has 3 aromatic rings. The van der Waals surface area contributed by atoms with Crippen LogP contribution in [0.5, 0.6) is 0 Å². The summed E-state index contributed by atoms with van der Waals surface area (Å²) in [6, 6.07) is 13.0. The standard InChI is InChI=1S/C24H24ClFN4O3S/c1-15-20(25)3-2-4-21(15)29-22-13-23(34(27,32)33)28-14-19(22)24(31)30-11-9-17(10-12-30)16-5-7-18(26)8-6-16/h2-8,13-14,17H,9-12H2,1H3,(H,28,29)(H2,27,32,33). The van der Waals surface area contributed by atoms with Gasteiger partial charge in [-0.3, -0.25) is 4.79 Å². The molecule has 0 unspecified atom stereocenters. The van der Waals surface area contributed by atoms with E-state index in [9.17, 15) is 17.6 Å². The van der Waals surface area contributed by atoms with Gasteiger partial charge in [0.05, 0.1) is 11.3 Å². The first kappa shape index (κ1) is 24.1. The van der Waals surface area contributed by atoms with Crippen LogP contribution in [0.25, 0.3) is 0 Å². The van der Waals surface area contributed by atoms with Crippen LogP contribution in [0.15, 0.2) is 59.8 Å². The van der Waals surface area contributed by atoms with Crippen LogP contribution >= 0.6 is 11.6 Å². The third-order valence-corrected chi connectivity index (χ3v) is 7.28. The molecule has 178 valence electrons. The van der Waals surface area contributed by atoms with Gasteiger partial charge in [0.15, 0.2) is 5.03 Å². The van der Waals surface area contributed by atoms with Crippen LogP contribution in [-0.4, -0.2) is 37.3 Å². The summed E-state index contributed by atoms with van der Waals surface area (Å²) in [5, 5.41) is 8.57. The Kier molecular flexibility index (Phi) is 6.88. The first-order valence-electron chi connectivity index (χ1n) is 10.7. The maximum Gasteiger partial charge on any atom is 0.257 e. The van der Waals surface area contributed by atoms with Gasteiger partial charge in [0.2, 0.25) is 0 Å². The molecule has 1 fully saturated rings. The second-order valence-corrected chi connectivity index (χ2v) is 10.2. The van der Waals surface area contributed by atoms with Crippen molar-refractivity contribution in [3.8, 4) is 0 Å². The summed E-state index contributed by atoms with van der Waals surface area (Å²) in [6.45, 7) is 2.83. The number of sulfonamides is 1. The van der Waals surface area contributed by atoms with Gasteiger partial charge in [-0.05, 0) is 61.1 Å². The molecular weight excluding hydrogens is 479 g/mol. The number of hydrogen-bond donors (Lipinski definition) is 2. The number of primary sulfonamides is 1. The molecule has 3 N–H and O–H groups in total. The largest absolute Gasteiger partial charge is 0.354 e. The summed E-state index contributed by atoms with van der Waals surface area (Å²) in [7, 11) is -4.07. The SMILES string of the molecule is Cc1c(Cl)cccc1Nc1cc(S(N)(=O)=O)ncc1C(=O)N1CCC(c2ccc(F)cc2)CC1. The lowest BCUT2D eigenvalue weighted by atomic mass is 9.89. The number of halogens is 2. The number of likely N-dealkylation sites (tertiary alicyclic amines) is 1. The van der Waals surface area contributed by atoms with E-state index < -0.39 is 10.0 Å². The molecule has 4 rings (SSSR count). The van der Waals surface area contributed by atoms with Crippen molar-refractivity contribution in [3.05, 3.63) is 82.3 Å². The van der Waals surface area contributed by atoms with E-state index in [-0.39, 0.29) is 33.9 Å². The number of carbonyl (C=O) groups is 1. The van der Waals surface area contributed by atoms with Crippen molar-refractivity contribution >= 4 is 38.9 Å². The summed E-state index contributed by atoms with van der Waals surface area (Å²) >= 11 is 6.22. The topological polar surface area (TPSA) is 105 Å². The molecule has 0 atom stereocenters. The molecule has 10 heteroatoms. The Balaban J connectivity index is 1.59. The Morgan fingerprint density at radius 2 is 1.82 bits per heavy atom. The molecule has 34 heavy (non-hydrogen) atoms. The number of nitrogens with one attached hydrogen (secondary N) is 1. The average molecular weight is 503 g/mol. The molecule has 0 radical (unpaired) electrons. The average Bonchev–Trinajstić information content (AvgIpc) is 2.81. The highest BCUT2D eigenvalue weighted by Gasteiger charge is 2.27. The number of amides is 1. The van der Waals surface area contributed by atoms with E-state index >= 15 is 0 Å². The molecule has 1 saturated heterocycles. The number of rotatable bonds is 5. The Morgan fingerprint density at radius 3 is 2.47 bits per heavy atom. The number of benzene rings is 2. The molecule has 0 spiro atoms. The van der Waals surface area contributed by atoms with Crippen LogP contribution < -0.4 is 10.5 Å². The van der Waals surface area contributed by atoms with Gasteiger partial charge in [-0.2, -0.15) is 0 Å². The van der Waals surface area contributed by atoms with Gasteiger partial charge in [0.25, 0.3) is 15.9 Å². The zero-order valence-electron chi connectivity index (χ0n) is 18.5. The molecule has 2 heterocycles. The molecular formula is C24H24ClFN4O3S. The highest BCUT2D eigenvalue weighted by atomic mass is 35.5. The van der Waals surface area contributed by atoms with Gasteiger partial charge in [-0.1, -0.05) is 29.8 Å². The fraction of sp³-hybridized carbons (Fsp3) is 0.250. The molecule has 0 bridgehead atoms. The van der Waals surface area contributed by atoms with E-state index in [4.69, 9.17) is 16.7 Å². The minimum absolute atomic E-state index is 0.229. The Bertz CT molecular complexity index is 1320. The Hall–Kier alpha value is -3.01. The van der Waals surface area contributed by atoms with Crippen molar-refractivity contribution in [2.45, 2.75) is 30.7 Å². The van der Waals surface area contributed by atoms with E-state index in [1.165, 1.54) is 24.4 Å². The van der Waals surface area contributed by atoms with Crippen LogP contribution in [0.3, 0.4) is 0 Å². The lowest BCUT2D eigenvalue weighted by Gasteiger charge is -2.32. The smallest absolute Gasteiger partial charge is 0.257 e. The first-order chi connectivity index (χ1) is 16.1. The van der Waals surface area contributed by atoms with Crippen molar-refractivity contribution in [1.29, 1.82) is 0 Å². The predicted octanol–water partition coefficient (Wildman–Crippen LogP) is 4.59. The van der Waals surface area contributed by atoms with Crippen LogP contribution in [0.2, 0.25) is 5.02 Å². The van der Waals surface area contributed by atoms with E-state index in [0.717, 1.165) is 24.0 Å². The van der Waals surface area contributed by atoms with Crippen LogP contribution in [-0.2, 0) is 10.0 Å². The zero-order chi connectivity index (χ0) is 24.5. The molecule has 2 aromatic carbocycles. The van der Waals surface area contributed by atoms with E-state index in [0.29, 0.717) is 23.8 Å². The van der Waals surface area contributed by atoms with Crippen molar-refractivity contribution in [2.24, 2.45) is 5.14 Å². The third kappa shape index (κ3) is 5.22. The van der Waals surface area contributed by atoms with Gasteiger partial charge in [0, 0.05) is 36.1 Å². The number of pyridine rings is 1. The summed E-state index contributed by atoms with van der Waals surface area (Å²) in [6.07, 6.45) is 2.70. The number of carbonyl (C=O) groups excluding carboxylic acids is 1. The number of piperidine rings is 1. The van der Waals surface area contributed by atoms with Crippen molar-refractivity contribution < 1.29 is 17.6 Å². The number of anilines is 2. The number of nitrogens with two attached hydrogens (primary N) is 1. The molecule has 1 aliphatic rings. The lowest BCUT2D eigenvalue weighted by molar-refractivity contribution is 0.0713. The Labute approximate surface area is 202 Å². The molecule has 0 aliphatic carbocycles. The summed E-state index contributed by atoms with van der Waals surface area (Å²) in [5.74, 6) is -0.311. The van der Waals surface area contributed by atoms with Gasteiger partial charge >= 0.3 is 0 Å². The second kappa shape index (κ2) is 9.69. The van der Waals surface area contributed by atoms with Crippen LogP contribution in [0.1, 0.15) is 40.2 Å². The zero-order valence-corrected chi connectivity index (χ0v) is 20.0. The normalized spacial score (nSPS) is 14.8. The van der Waals surface area contributed by atoms with E-state index in [2.05, 4.69) is 10.3 Å². The molecule has 1 aromatic heterocycles. The quantitative estimate of drug-likeness (QED) is 0.530. The highest BCUT2D eigenvalue weighted by Crippen LogP contribution is 2.32. The molecule has 1 amide bonds. The van der Waals surface area contributed by atoms with Gasteiger partial charge in [0.1, 0.15) is 5.82 Å². The summed E-state index contributed by atoms with van der Waals surface area (Å²) in [4.78, 5) is 19.0. The molecule has 0 saturated carbocycles. The highest BCUT2D eigenvalue weighted by molar-refractivity contribution is 7.89. The lowest BCUT2D eigenvalue weighted by Crippen LogP contribution is -2.38. The number of hydrogen-bond acceptors (Lipinski definition) is 5. The minimum Gasteiger partial charge on any atom is -0.354 e. The number of aromatic nitrogens is 1. The van der Waals surface area contributed by atoms with Crippen molar-refractivity contribution in [1.82, 2.24) is 9.88 Å². The summed E-state index contributed by atoms with van der Waals surface area (Å²) in [5.41, 5.74) is 2.92. The first-order valence-corrected chi connectivity index (χ1v) is 12.7. The fourth-order valence-electron chi connectivity index (χ4n) is 4.07. The Morgan fingerprint density at radius 1 is 1.15 bits per heavy atom. The fourth-order valence-corrected chi connectivity index (χ4v) is 4.73. The minimum atomic E-state index is -4.07. The van der Waals surface area contributed by atoms with Gasteiger partial charge in [-0.15, -0.1) is 0 Å². The maximum atomic E-state index is 13.4. The third-order valence-electron chi connectivity index (χ3n) is 6.06. The second-order valence-electron chi connectivity index (χ2n) is 8.27. The predicted molar refractivity (Wildman–Crippen MR) is 129 cm³/mol. The van der Waals surface area contributed by atoms with E-state index in [1.54, 1.807) is 35.2 Å². The van der Waals surface area contributed by atoms with Gasteiger partial charge in [-0.25, -0.2) is 22.9 Å².